The van der Waals surface area contributed by atoms with E-state index in [9.17, 15) is 5.11 Å². The summed E-state index contributed by atoms with van der Waals surface area (Å²) in [6.45, 7) is 3.55. The van der Waals surface area contributed by atoms with Crippen molar-refractivity contribution in [2.24, 2.45) is 0 Å². The number of aliphatic hydroxyl groups excluding tert-OH is 1. The monoisotopic (exact) mass is 264 g/mol. The Morgan fingerprint density at radius 2 is 1.74 bits per heavy atom. The van der Waals surface area contributed by atoms with Crippen molar-refractivity contribution < 1.29 is 14.3 Å². The van der Waals surface area contributed by atoms with Gasteiger partial charge < -0.3 is 14.3 Å². The van der Waals surface area contributed by atoms with E-state index >= 15 is 0 Å². The summed E-state index contributed by atoms with van der Waals surface area (Å²) in [7, 11) is 2.26. The normalized spacial score (nSPS) is 20.5. The Morgan fingerprint density at radius 1 is 1.11 bits per heavy atom. The third-order valence-corrected chi connectivity index (χ3v) is 3.98. The fourth-order valence-electron chi connectivity index (χ4n) is 2.91. The molecule has 0 spiro atoms. The number of hydrogen-bond acceptors (Lipinski definition) is 2. The molecule has 3 heteroatoms. The van der Waals surface area contributed by atoms with Crippen molar-refractivity contribution in [1.82, 2.24) is 0 Å². The number of rotatable bonds is 5. The smallest absolute Gasteiger partial charge is 0.137 e. The lowest BCUT2D eigenvalue weighted by Gasteiger charge is -2.35. The van der Waals surface area contributed by atoms with Crippen LogP contribution in [0.3, 0.4) is 0 Å². The number of benzene rings is 1. The zero-order valence-corrected chi connectivity index (χ0v) is 11.9. The molecule has 1 fully saturated rings. The maximum atomic E-state index is 10.2. The summed E-state index contributed by atoms with van der Waals surface area (Å²) in [5.74, 6) is 0.833. The molecule has 2 rings (SSSR count). The van der Waals surface area contributed by atoms with Crippen LogP contribution in [0.5, 0.6) is 5.75 Å². The maximum absolute atomic E-state index is 10.2. The fourth-order valence-corrected chi connectivity index (χ4v) is 2.91. The number of aliphatic hydroxyl groups is 1. The van der Waals surface area contributed by atoms with Crippen molar-refractivity contribution in [3.63, 3.8) is 0 Å². The number of quaternary nitrogens is 1. The number of likely N-dealkylation sites (N-methyl/N-ethyl adjacent to an activating group) is 1. The van der Waals surface area contributed by atoms with Gasteiger partial charge >= 0.3 is 0 Å². The second kappa shape index (κ2) is 6.92. The SMILES string of the molecule is C[N+]1(C[C@H](O)COc2ccccc2)CCCCCC1. The molecule has 0 aromatic heterocycles. The first-order chi connectivity index (χ1) is 9.18. The lowest BCUT2D eigenvalue weighted by molar-refractivity contribution is -0.911. The Labute approximate surface area is 116 Å². The first-order valence-corrected chi connectivity index (χ1v) is 7.37. The Morgan fingerprint density at radius 3 is 2.37 bits per heavy atom. The zero-order valence-electron chi connectivity index (χ0n) is 11.9. The molecule has 1 heterocycles. The Kier molecular flexibility index (Phi) is 5.23. The van der Waals surface area contributed by atoms with Crippen LogP contribution in [0.2, 0.25) is 0 Å². The van der Waals surface area contributed by atoms with Crippen LogP contribution in [0.4, 0.5) is 0 Å². The molecule has 1 aromatic rings. The highest BCUT2D eigenvalue weighted by Crippen LogP contribution is 2.17. The predicted octanol–water partition coefficient (Wildman–Crippen LogP) is 2.45. The van der Waals surface area contributed by atoms with E-state index in [2.05, 4.69) is 7.05 Å². The third kappa shape index (κ3) is 4.84. The van der Waals surface area contributed by atoms with Gasteiger partial charge in [0.15, 0.2) is 0 Å². The molecule has 0 unspecified atom stereocenters. The summed E-state index contributed by atoms with van der Waals surface area (Å²) < 4.78 is 6.61. The second-order valence-corrected chi connectivity index (χ2v) is 5.94. The highest BCUT2D eigenvalue weighted by molar-refractivity contribution is 5.20. The van der Waals surface area contributed by atoms with Gasteiger partial charge in [0, 0.05) is 0 Å². The van der Waals surface area contributed by atoms with Crippen molar-refractivity contribution in [1.29, 1.82) is 0 Å². The standard InChI is InChI=1S/C16H26NO2/c1-17(11-7-2-3-8-12-17)13-15(18)14-19-16-9-5-4-6-10-16/h4-6,9-10,15,18H,2-3,7-8,11-14H2,1H3/q+1/t15-/m0/s1. The minimum absolute atomic E-state index is 0.386. The number of para-hydroxylation sites is 1. The largest absolute Gasteiger partial charge is 0.491 e. The minimum Gasteiger partial charge on any atom is -0.491 e. The van der Waals surface area contributed by atoms with Gasteiger partial charge in [-0.2, -0.15) is 0 Å². The zero-order chi connectivity index (χ0) is 13.6. The summed E-state index contributed by atoms with van der Waals surface area (Å²) in [4.78, 5) is 0. The van der Waals surface area contributed by atoms with E-state index < -0.39 is 0 Å². The number of hydrogen-bond donors (Lipinski definition) is 1. The molecular formula is C16H26NO2+. The maximum Gasteiger partial charge on any atom is 0.137 e. The minimum atomic E-state index is -0.386. The van der Waals surface area contributed by atoms with Gasteiger partial charge in [0.2, 0.25) is 0 Å². The molecule has 1 aliphatic rings. The van der Waals surface area contributed by atoms with Crippen molar-refractivity contribution in [3.05, 3.63) is 30.3 Å². The summed E-state index contributed by atoms with van der Waals surface area (Å²) in [5.41, 5.74) is 0. The van der Waals surface area contributed by atoms with Gasteiger partial charge in [0.1, 0.15) is 25.0 Å². The van der Waals surface area contributed by atoms with Gasteiger partial charge in [0.25, 0.3) is 0 Å². The number of ether oxygens (including phenoxy) is 1. The molecule has 3 nitrogen and oxygen atoms in total. The molecule has 0 saturated carbocycles. The molecule has 1 aliphatic heterocycles. The van der Waals surface area contributed by atoms with Gasteiger partial charge in [-0.1, -0.05) is 18.2 Å². The Balaban J connectivity index is 1.78. The molecule has 1 saturated heterocycles. The van der Waals surface area contributed by atoms with Gasteiger partial charge in [-0.05, 0) is 37.8 Å². The Hall–Kier alpha value is -1.06. The first-order valence-electron chi connectivity index (χ1n) is 7.37. The lowest BCUT2D eigenvalue weighted by Crippen LogP contribution is -2.50. The summed E-state index contributed by atoms with van der Waals surface area (Å²) in [6.07, 6.45) is 4.85. The van der Waals surface area contributed by atoms with E-state index in [0.29, 0.717) is 6.61 Å². The highest BCUT2D eigenvalue weighted by atomic mass is 16.5. The van der Waals surface area contributed by atoms with E-state index in [1.165, 1.54) is 38.8 Å². The molecule has 1 atom stereocenters. The molecule has 0 amide bonds. The van der Waals surface area contributed by atoms with E-state index in [0.717, 1.165) is 16.8 Å². The average Bonchev–Trinajstić information content (AvgIpc) is 2.62. The summed E-state index contributed by atoms with van der Waals surface area (Å²) in [5, 5.41) is 10.2. The Bertz CT molecular complexity index is 358. The van der Waals surface area contributed by atoms with Crippen molar-refractivity contribution in [3.8, 4) is 5.75 Å². The number of likely N-dealkylation sites (tertiary alicyclic amines) is 1. The molecule has 0 bridgehead atoms. The molecule has 0 aliphatic carbocycles. The van der Waals surface area contributed by atoms with Crippen LogP contribution in [-0.4, -0.2) is 49.0 Å². The third-order valence-electron chi connectivity index (χ3n) is 3.98. The summed E-state index contributed by atoms with van der Waals surface area (Å²) >= 11 is 0. The predicted molar refractivity (Wildman–Crippen MR) is 77.2 cm³/mol. The molecule has 1 N–H and O–H groups in total. The molecule has 106 valence electrons. The van der Waals surface area contributed by atoms with E-state index in [1.54, 1.807) is 0 Å². The van der Waals surface area contributed by atoms with Gasteiger partial charge in [-0.15, -0.1) is 0 Å². The molecular weight excluding hydrogens is 238 g/mol. The van der Waals surface area contributed by atoms with Crippen LogP contribution >= 0.6 is 0 Å². The quantitative estimate of drug-likeness (QED) is 0.828. The van der Waals surface area contributed by atoms with E-state index in [-0.39, 0.29) is 6.10 Å². The van der Waals surface area contributed by atoms with Crippen LogP contribution in [0, 0.1) is 0 Å². The van der Waals surface area contributed by atoms with E-state index in [4.69, 9.17) is 4.74 Å². The van der Waals surface area contributed by atoms with Gasteiger partial charge in [0.05, 0.1) is 20.1 Å². The fraction of sp³-hybridized carbons (Fsp3) is 0.625. The van der Waals surface area contributed by atoms with Gasteiger partial charge in [-0.25, -0.2) is 0 Å². The summed E-state index contributed by atoms with van der Waals surface area (Å²) in [6, 6.07) is 9.71. The van der Waals surface area contributed by atoms with Crippen LogP contribution < -0.4 is 4.74 Å². The molecule has 19 heavy (non-hydrogen) atoms. The molecule has 1 aromatic carbocycles. The van der Waals surface area contributed by atoms with Crippen LogP contribution in [-0.2, 0) is 0 Å². The van der Waals surface area contributed by atoms with Crippen molar-refractivity contribution >= 4 is 0 Å². The van der Waals surface area contributed by atoms with Crippen LogP contribution in [0.15, 0.2) is 30.3 Å². The topological polar surface area (TPSA) is 29.5 Å². The first kappa shape index (κ1) is 14.4. The van der Waals surface area contributed by atoms with Gasteiger partial charge in [-0.3, -0.25) is 0 Å². The average molecular weight is 264 g/mol. The lowest BCUT2D eigenvalue weighted by atomic mass is 10.2. The molecule has 0 radical (unpaired) electrons. The van der Waals surface area contributed by atoms with Crippen molar-refractivity contribution in [2.75, 3.05) is 33.3 Å². The highest BCUT2D eigenvalue weighted by Gasteiger charge is 2.26. The van der Waals surface area contributed by atoms with Crippen LogP contribution in [0.1, 0.15) is 25.7 Å². The van der Waals surface area contributed by atoms with Crippen molar-refractivity contribution in [2.45, 2.75) is 31.8 Å². The number of nitrogens with zero attached hydrogens (tertiary/aromatic N) is 1. The second-order valence-electron chi connectivity index (χ2n) is 5.94. The van der Waals surface area contributed by atoms with Crippen LogP contribution in [0.25, 0.3) is 0 Å². The van der Waals surface area contributed by atoms with E-state index in [1.807, 2.05) is 30.3 Å².